The number of hydrogen-bond acceptors (Lipinski definition) is 3. The Morgan fingerprint density at radius 3 is 2.69 bits per heavy atom. The molecule has 0 spiro atoms. The molecule has 26 heavy (non-hydrogen) atoms. The van der Waals surface area contributed by atoms with Gasteiger partial charge in [-0.1, -0.05) is 12.1 Å². The number of H-pyrrole nitrogens is 1. The lowest BCUT2D eigenvalue weighted by atomic mass is 10.1. The van der Waals surface area contributed by atoms with Gasteiger partial charge in [0, 0.05) is 61.1 Å². The summed E-state index contributed by atoms with van der Waals surface area (Å²) in [7, 11) is 0. The molecule has 0 aliphatic carbocycles. The highest BCUT2D eigenvalue weighted by Gasteiger charge is 2.21. The summed E-state index contributed by atoms with van der Waals surface area (Å²) >= 11 is 0. The van der Waals surface area contributed by atoms with Gasteiger partial charge in [-0.3, -0.25) is 4.90 Å². The van der Waals surface area contributed by atoms with Gasteiger partial charge in [-0.2, -0.15) is 0 Å². The topological polar surface area (TPSA) is 42.5 Å². The molecule has 4 nitrogen and oxygen atoms in total. The molecular formula is C21H24FN3O. The fourth-order valence-corrected chi connectivity index (χ4v) is 3.75. The number of benzene rings is 2. The van der Waals surface area contributed by atoms with E-state index in [2.05, 4.69) is 46.0 Å². The molecule has 2 heterocycles. The summed E-state index contributed by atoms with van der Waals surface area (Å²) in [5, 5.41) is 11.4. The minimum absolute atomic E-state index is 0.280. The molecule has 1 aliphatic rings. The summed E-state index contributed by atoms with van der Waals surface area (Å²) in [6, 6.07) is 13.2. The number of aromatic nitrogens is 1. The van der Waals surface area contributed by atoms with E-state index < -0.39 is 6.10 Å². The second-order valence-corrected chi connectivity index (χ2v) is 7.08. The van der Waals surface area contributed by atoms with E-state index in [4.69, 9.17) is 0 Å². The van der Waals surface area contributed by atoms with E-state index in [1.54, 1.807) is 12.3 Å². The van der Waals surface area contributed by atoms with Gasteiger partial charge in [0.15, 0.2) is 0 Å². The summed E-state index contributed by atoms with van der Waals surface area (Å²) in [4.78, 5) is 7.77. The average Bonchev–Trinajstić information content (AvgIpc) is 3.05. The van der Waals surface area contributed by atoms with Crippen LogP contribution in [0.3, 0.4) is 0 Å². The van der Waals surface area contributed by atoms with Gasteiger partial charge in [0.2, 0.25) is 0 Å². The first-order chi connectivity index (χ1) is 12.6. The Morgan fingerprint density at radius 1 is 1.12 bits per heavy atom. The predicted octanol–water partition coefficient (Wildman–Crippen LogP) is 3.47. The van der Waals surface area contributed by atoms with Gasteiger partial charge < -0.3 is 15.0 Å². The zero-order valence-electron chi connectivity index (χ0n) is 15.0. The van der Waals surface area contributed by atoms with Gasteiger partial charge in [-0.15, -0.1) is 0 Å². The number of aliphatic hydroxyl groups is 1. The second kappa shape index (κ2) is 7.09. The lowest BCUT2D eigenvalue weighted by molar-refractivity contribution is 0.110. The van der Waals surface area contributed by atoms with Crippen LogP contribution in [-0.2, 0) is 0 Å². The highest BCUT2D eigenvalue weighted by molar-refractivity contribution is 5.83. The van der Waals surface area contributed by atoms with Crippen LogP contribution >= 0.6 is 0 Å². The quantitative estimate of drug-likeness (QED) is 0.755. The normalized spacial score (nSPS) is 17.0. The maximum atomic E-state index is 13.5. The number of nitrogens with zero attached hydrogens (tertiary/aromatic N) is 2. The highest BCUT2D eigenvalue weighted by atomic mass is 19.1. The van der Waals surface area contributed by atoms with Crippen LogP contribution in [0.25, 0.3) is 10.9 Å². The molecule has 136 valence electrons. The molecule has 1 aromatic heterocycles. The van der Waals surface area contributed by atoms with Crippen LogP contribution in [0, 0.1) is 12.7 Å². The number of aromatic amines is 1. The monoisotopic (exact) mass is 353 g/mol. The molecular weight excluding hydrogens is 329 g/mol. The number of anilines is 1. The van der Waals surface area contributed by atoms with Gasteiger partial charge in [0.25, 0.3) is 0 Å². The molecule has 2 N–H and O–H groups in total. The number of piperazine rings is 1. The van der Waals surface area contributed by atoms with Crippen LogP contribution in [0.15, 0.2) is 48.7 Å². The van der Waals surface area contributed by atoms with Crippen molar-refractivity contribution in [2.75, 3.05) is 37.6 Å². The number of halogens is 1. The molecule has 4 rings (SSSR count). The van der Waals surface area contributed by atoms with E-state index in [1.807, 2.05) is 0 Å². The highest BCUT2D eigenvalue weighted by Crippen LogP contribution is 2.26. The van der Waals surface area contributed by atoms with Crippen LogP contribution in [0.4, 0.5) is 10.1 Å². The van der Waals surface area contributed by atoms with E-state index in [9.17, 15) is 9.50 Å². The molecule has 0 unspecified atom stereocenters. The lowest BCUT2D eigenvalue weighted by Crippen LogP contribution is -2.47. The van der Waals surface area contributed by atoms with E-state index in [-0.39, 0.29) is 5.82 Å². The van der Waals surface area contributed by atoms with Crippen molar-refractivity contribution in [2.24, 2.45) is 0 Å². The largest absolute Gasteiger partial charge is 0.387 e. The first kappa shape index (κ1) is 17.1. The third-order valence-electron chi connectivity index (χ3n) is 5.21. The number of aliphatic hydroxyl groups excluding tert-OH is 1. The van der Waals surface area contributed by atoms with E-state index in [1.165, 1.54) is 23.4 Å². The molecule has 1 aliphatic heterocycles. The molecule has 0 bridgehead atoms. The number of fused-ring (bicyclic) bond motifs is 1. The number of aryl methyl sites for hydroxylation is 1. The first-order valence-electron chi connectivity index (χ1n) is 9.09. The minimum Gasteiger partial charge on any atom is -0.387 e. The van der Waals surface area contributed by atoms with Crippen molar-refractivity contribution >= 4 is 16.6 Å². The van der Waals surface area contributed by atoms with Gasteiger partial charge in [0.05, 0.1) is 6.10 Å². The smallest absolute Gasteiger partial charge is 0.123 e. The summed E-state index contributed by atoms with van der Waals surface area (Å²) < 4.78 is 13.5. The van der Waals surface area contributed by atoms with E-state index >= 15 is 0 Å². The Morgan fingerprint density at radius 2 is 1.92 bits per heavy atom. The molecule has 1 atom stereocenters. The Labute approximate surface area is 152 Å². The van der Waals surface area contributed by atoms with Crippen LogP contribution in [0.2, 0.25) is 0 Å². The lowest BCUT2D eigenvalue weighted by Gasteiger charge is -2.37. The number of β-amino-alcohol motifs (C(OH)–C–C–N with tert-alkyl or cyclic N) is 1. The molecule has 2 aromatic carbocycles. The predicted molar refractivity (Wildman–Crippen MR) is 103 cm³/mol. The van der Waals surface area contributed by atoms with Crippen molar-refractivity contribution < 1.29 is 9.50 Å². The summed E-state index contributed by atoms with van der Waals surface area (Å²) in [6.07, 6.45) is 1.16. The fourth-order valence-electron chi connectivity index (χ4n) is 3.75. The zero-order valence-corrected chi connectivity index (χ0v) is 15.0. The number of hydrogen-bond donors (Lipinski definition) is 2. The summed E-state index contributed by atoms with van der Waals surface area (Å²) in [5.41, 5.74) is 4.15. The van der Waals surface area contributed by atoms with Crippen molar-refractivity contribution in [2.45, 2.75) is 13.0 Å². The Kier molecular flexibility index (Phi) is 4.66. The third kappa shape index (κ3) is 3.45. The van der Waals surface area contributed by atoms with Gasteiger partial charge in [-0.25, -0.2) is 4.39 Å². The van der Waals surface area contributed by atoms with Crippen molar-refractivity contribution in [3.8, 4) is 0 Å². The average molecular weight is 353 g/mol. The zero-order chi connectivity index (χ0) is 18.1. The van der Waals surface area contributed by atoms with Crippen molar-refractivity contribution in [1.29, 1.82) is 0 Å². The minimum atomic E-state index is -0.629. The van der Waals surface area contributed by atoms with Crippen molar-refractivity contribution in [3.63, 3.8) is 0 Å². The fraction of sp³-hybridized carbons (Fsp3) is 0.333. The number of nitrogens with one attached hydrogen (secondary N) is 1. The van der Waals surface area contributed by atoms with Crippen LogP contribution in [0.1, 0.15) is 17.2 Å². The second-order valence-electron chi connectivity index (χ2n) is 7.08. The van der Waals surface area contributed by atoms with Gasteiger partial charge in [0.1, 0.15) is 5.82 Å². The molecule has 0 saturated carbocycles. The Hall–Kier alpha value is -2.37. The molecule has 0 radical (unpaired) electrons. The van der Waals surface area contributed by atoms with Crippen LogP contribution in [0.5, 0.6) is 0 Å². The Bertz CT molecular complexity index is 899. The van der Waals surface area contributed by atoms with Crippen LogP contribution < -0.4 is 4.90 Å². The first-order valence-corrected chi connectivity index (χ1v) is 9.09. The Balaban J connectivity index is 1.40. The van der Waals surface area contributed by atoms with Crippen molar-refractivity contribution in [3.05, 3.63) is 65.6 Å². The maximum absolute atomic E-state index is 13.5. The standard InChI is InChI=1S/C21H24FN3O/c1-15-3-2-4-17(11-15)25-9-7-24(8-10-25)14-21(26)19-13-23-20-6-5-16(22)12-18(19)20/h2-6,11-13,21,23,26H,7-10,14H2,1H3/t21-/m0/s1. The van der Waals surface area contributed by atoms with E-state index in [0.29, 0.717) is 6.54 Å². The number of rotatable bonds is 4. The van der Waals surface area contributed by atoms with Crippen LogP contribution in [-0.4, -0.2) is 47.7 Å². The molecule has 0 amide bonds. The maximum Gasteiger partial charge on any atom is 0.123 e. The van der Waals surface area contributed by atoms with Gasteiger partial charge >= 0.3 is 0 Å². The molecule has 1 fully saturated rings. The SMILES string of the molecule is Cc1cccc(N2CCN(C[C@H](O)c3c[nH]c4ccc(F)cc34)CC2)c1. The summed E-state index contributed by atoms with van der Waals surface area (Å²) in [5.74, 6) is -0.280. The van der Waals surface area contributed by atoms with E-state index in [0.717, 1.165) is 42.6 Å². The third-order valence-corrected chi connectivity index (χ3v) is 5.21. The molecule has 5 heteroatoms. The molecule has 3 aromatic rings. The molecule has 1 saturated heterocycles. The van der Waals surface area contributed by atoms with Gasteiger partial charge in [-0.05, 0) is 42.8 Å². The summed E-state index contributed by atoms with van der Waals surface area (Å²) in [6.45, 7) is 6.37. The van der Waals surface area contributed by atoms with Crippen molar-refractivity contribution in [1.82, 2.24) is 9.88 Å².